The number of halogens is 1. The van der Waals surface area contributed by atoms with Gasteiger partial charge in [-0.2, -0.15) is 4.31 Å². The molecular formula is C23H25IN2O4S. The predicted octanol–water partition coefficient (Wildman–Crippen LogP) is 4.34. The van der Waals surface area contributed by atoms with Crippen LogP contribution in [-0.2, 0) is 19.6 Å². The monoisotopic (exact) mass is 552 g/mol. The van der Waals surface area contributed by atoms with Crippen LogP contribution in [0.25, 0.3) is 0 Å². The summed E-state index contributed by atoms with van der Waals surface area (Å²) >= 11 is 2.16. The van der Waals surface area contributed by atoms with Crippen LogP contribution in [0.3, 0.4) is 0 Å². The Morgan fingerprint density at radius 2 is 1.48 bits per heavy atom. The molecule has 0 aromatic heterocycles. The number of imide groups is 1. The molecule has 1 saturated carbocycles. The second kappa shape index (κ2) is 9.38. The van der Waals surface area contributed by atoms with E-state index < -0.39 is 22.0 Å². The first-order valence-corrected chi connectivity index (χ1v) is 13.1. The first-order chi connectivity index (χ1) is 14.9. The molecule has 1 aliphatic carbocycles. The fraction of sp³-hybridized carbons (Fsp3) is 0.391. The van der Waals surface area contributed by atoms with Crippen molar-refractivity contribution >= 4 is 50.1 Å². The summed E-state index contributed by atoms with van der Waals surface area (Å²) in [6, 6.07) is 14.0. The number of hydrogen-bond donors (Lipinski definition) is 0. The summed E-state index contributed by atoms with van der Waals surface area (Å²) in [6.45, 7) is 0. The van der Waals surface area contributed by atoms with Gasteiger partial charge in [0.05, 0.1) is 17.0 Å². The maximum Gasteiger partial charge on any atom is 0.252 e. The molecule has 1 heterocycles. The summed E-state index contributed by atoms with van der Waals surface area (Å²) in [5.74, 6) is -0.826. The van der Waals surface area contributed by atoms with Crippen LogP contribution in [0.2, 0.25) is 0 Å². The molecule has 2 amide bonds. The van der Waals surface area contributed by atoms with Crippen molar-refractivity contribution in [2.75, 3.05) is 4.90 Å². The predicted molar refractivity (Wildman–Crippen MR) is 127 cm³/mol. The molecular weight excluding hydrogens is 527 g/mol. The van der Waals surface area contributed by atoms with Gasteiger partial charge in [-0.05, 0) is 71.8 Å². The van der Waals surface area contributed by atoms with Crippen molar-refractivity contribution in [3.8, 4) is 0 Å². The van der Waals surface area contributed by atoms with Gasteiger partial charge in [-0.25, -0.2) is 13.3 Å². The molecule has 2 aromatic rings. The Bertz CT molecular complexity index is 1050. The second-order valence-electron chi connectivity index (χ2n) is 8.06. The molecule has 164 valence electrons. The van der Waals surface area contributed by atoms with E-state index in [0.29, 0.717) is 18.5 Å². The molecule has 2 fully saturated rings. The number of sulfonamides is 1. The van der Waals surface area contributed by atoms with Crippen LogP contribution in [-0.4, -0.2) is 36.6 Å². The maximum atomic E-state index is 13.7. The Hall–Kier alpha value is -1.78. The van der Waals surface area contributed by atoms with E-state index in [0.717, 1.165) is 34.2 Å². The number of nitrogens with zero attached hydrogens (tertiary/aromatic N) is 2. The van der Waals surface area contributed by atoms with E-state index in [2.05, 4.69) is 22.6 Å². The molecule has 1 aliphatic heterocycles. The summed E-state index contributed by atoms with van der Waals surface area (Å²) in [5, 5.41) is 0. The molecule has 4 rings (SSSR count). The SMILES string of the molecule is O=C1CC(N(C2CCCCCC2)S(=O)(=O)c2ccccc2)C(=O)N1c1ccc(I)cc1. The first-order valence-electron chi connectivity index (χ1n) is 10.6. The van der Waals surface area contributed by atoms with Gasteiger partial charge in [-0.15, -0.1) is 0 Å². The highest BCUT2D eigenvalue weighted by Gasteiger charge is 2.49. The van der Waals surface area contributed by atoms with Crippen molar-refractivity contribution in [3.05, 3.63) is 58.2 Å². The minimum absolute atomic E-state index is 0.132. The summed E-state index contributed by atoms with van der Waals surface area (Å²) in [4.78, 5) is 27.6. The molecule has 2 aliphatic rings. The van der Waals surface area contributed by atoms with Crippen molar-refractivity contribution in [1.82, 2.24) is 4.31 Å². The molecule has 1 saturated heterocycles. The first kappa shape index (κ1) is 22.4. The molecule has 8 heteroatoms. The molecule has 2 aromatic carbocycles. The quantitative estimate of drug-likeness (QED) is 0.315. The van der Waals surface area contributed by atoms with Gasteiger partial charge in [0, 0.05) is 9.61 Å². The molecule has 1 atom stereocenters. The molecule has 1 unspecified atom stereocenters. The van der Waals surface area contributed by atoms with E-state index in [1.807, 2.05) is 12.1 Å². The topological polar surface area (TPSA) is 74.8 Å². The summed E-state index contributed by atoms with van der Waals surface area (Å²) in [6.07, 6.45) is 5.22. The Balaban J connectivity index is 1.74. The van der Waals surface area contributed by atoms with E-state index in [1.165, 1.54) is 4.31 Å². The Kier molecular flexibility index (Phi) is 6.78. The van der Waals surface area contributed by atoms with Gasteiger partial charge < -0.3 is 0 Å². The third kappa shape index (κ3) is 4.56. The highest BCUT2D eigenvalue weighted by Crippen LogP contribution is 2.34. The van der Waals surface area contributed by atoms with Crippen LogP contribution in [0.15, 0.2) is 59.5 Å². The number of anilines is 1. The summed E-state index contributed by atoms with van der Waals surface area (Å²) in [5.41, 5.74) is 0.482. The minimum atomic E-state index is -3.94. The Morgan fingerprint density at radius 1 is 0.871 bits per heavy atom. The lowest BCUT2D eigenvalue weighted by Crippen LogP contribution is -2.50. The third-order valence-corrected chi connectivity index (χ3v) is 8.71. The molecule has 0 bridgehead atoms. The van der Waals surface area contributed by atoms with E-state index in [1.54, 1.807) is 42.5 Å². The second-order valence-corrected chi connectivity index (χ2v) is 11.1. The van der Waals surface area contributed by atoms with E-state index in [4.69, 9.17) is 0 Å². The lowest BCUT2D eigenvalue weighted by Gasteiger charge is -2.33. The number of hydrogen-bond acceptors (Lipinski definition) is 4. The minimum Gasteiger partial charge on any atom is -0.274 e. The van der Waals surface area contributed by atoms with E-state index in [-0.39, 0.29) is 23.3 Å². The number of carbonyl (C=O) groups is 2. The molecule has 31 heavy (non-hydrogen) atoms. The fourth-order valence-electron chi connectivity index (χ4n) is 4.52. The van der Waals surface area contributed by atoms with Crippen LogP contribution in [0.5, 0.6) is 0 Å². The number of rotatable bonds is 5. The summed E-state index contributed by atoms with van der Waals surface area (Å²) < 4.78 is 29.8. The van der Waals surface area contributed by atoms with Gasteiger partial charge in [-0.3, -0.25) is 9.59 Å². The normalized spacial score (nSPS) is 21.0. The van der Waals surface area contributed by atoms with Crippen LogP contribution in [0, 0.1) is 3.57 Å². The van der Waals surface area contributed by atoms with Crippen LogP contribution in [0.1, 0.15) is 44.9 Å². The number of amides is 2. The lowest BCUT2D eigenvalue weighted by molar-refractivity contribution is -0.122. The van der Waals surface area contributed by atoms with E-state index >= 15 is 0 Å². The van der Waals surface area contributed by atoms with Gasteiger partial charge >= 0.3 is 0 Å². The average Bonchev–Trinajstić information content (AvgIpc) is 2.92. The van der Waals surface area contributed by atoms with Gasteiger partial charge in [0.25, 0.3) is 5.91 Å². The smallest absolute Gasteiger partial charge is 0.252 e. The van der Waals surface area contributed by atoms with Gasteiger partial charge in [0.2, 0.25) is 15.9 Å². The van der Waals surface area contributed by atoms with Crippen molar-refractivity contribution in [3.63, 3.8) is 0 Å². The standard InChI is InChI=1S/C23H25IN2O4S/c24-17-12-14-18(15-13-17)25-22(27)16-21(23(25)28)26(19-8-4-1-2-5-9-19)31(29,30)20-10-6-3-7-11-20/h3,6-7,10-15,19,21H,1-2,4-5,8-9,16H2. The zero-order valence-electron chi connectivity index (χ0n) is 17.1. The molecule has 0 radical (unpaired) electrons. The van der Waals surface area contributed by atoms with Crippen molar-refractivity contribution in [2.24, 2.45) is 0 Å². The van der Waals surface area contributed by atoms with Gasteiger partial charge in [-0.1, -0.05) is 43.9 Å². The summed E-state index contributed by atoms with van der Waals surface area (Å²) in [7, 11) is -3.94. The van der Waals surface area contributed by atoms with Crippen molar-refractivity contribution < 1.29 is 18.0 Å². The zero-order chi connectivity index (χ0) is 22.0. The highest BCUT2D eigenvalue weighted by molar-refractivity contribution is 14.1. The van der Waals surface area contributed by atoms with Crippen LogP contribution < -0.4 is 4.90 Å². The third-order valence-electron chi connectivity index (χ3n) is 6.02. The van der Waals surface area contributed by atoms with E-state index in [9.17, 15) is 18.0 Å². The fourth-order valence-corrected chi connectivity index (χ4v) is 6.73. The average molecular weight is 552 g/mol. The number of carbonyl (C=O) groups excluding carboxylic acids is 2. The van der Waals surface area contributed by atoms with Gasteiger partial charge in [0.1, 0.15) is 6.04 Å². The molecule has 6 nitrogen and oxygen atoms in total. The molecule has 0 N–H and O–H groups in total. The Morgan fingerprint density at radius 3 is 2.10 bits per heavy atom. The van der Waals surface area contributed by atoms with Crippen LogP contribution in [0.4, 0.5) is 5.69 Å². The molecule has 0 spiro atoms. The lowest BCUT2D eigenvalue weighted by atomic mass is 10.1. The van der Waals surface area contributed by atoms with Crippen molar-refractivity contribution in [1.29, 1.82) is 0 Å². The highest BCUT2D eigenvalue weighted by atomic mass is 127. The Labute approximate surface area is 196 Å². The maximum absolute atomic E-state index is 13.7. The van der Waals surface area contributed by atoms with Crippen molar-refractivity contribution in [2.45, 2.75) is 61.9 Å². The van der Waals surface area contributed by atoms with Gasteiger partial charge in [0.15, 0.2) is 0 Å². The number of benzene rings is 2. The zero-order valence-corrected chi connectivity index (χ0v) is 20.1. The van der Waals surface area contributed by atoms with Crippen LogP contribution >= 0.6 is 22.6 Å². The largest absolute Gasteiger partial charge is 0.274 e.